The van der Waals surface area contributed by atoms with Crippen LogP contribution in [0.25, 0.3) is 27.7 Å². The van der Waals surface area contributed by atoms with Gasteiger partial charge in [-0.15, -0.1) is 0 Å². The molecule has 2 unspecified atom stereocenters. The number of benzene rings is 2. The number of amides is 1. The number of nitrogens with two attached hydrogens (primary N) is 1. The van der Waals surface area contributed by atoms with E-state index in [-0.39, 0.29) is 67.2 Å². The molecule has 55 heavy (non-hydrogen) atoms. The summed E-state index contributed by atoms with van der Waals surface area (Å²) in [5, 5.41) is -0.380. The molecule has 0 bridgehead atoms. The first-order valence-corrected chi connectivity index (χ1v) is 19.4. The van der Waals surface area contributed by atoms with E-state index in [1.807, 2.05) is 53.6 Å². The van der Waals surface area contributed by atoms with Gasteiger partial charge in [0, 0.05) is 55.8 Å². The Bertz CT molecular complexity index is 2160. The summed E-state index contributed by atoms with van der Waals surface area (Å²) in [5.74, 6) is -2.79. The van der Waals surface area contributed by atoms with E-state index in [0.29, 0.717) is 55.4 Å². The van der Waals surface area contributed by atoms with Crippen LogP contribution in [0.3, 0.4) is 0 Å². The van der Waals surface area contributed by atoms with Crippen LogP contribution in [0.5, 0.6) is 0 Å². The van der Waals surface area contributed by atoms with Gasteiger partial charge in [-0.2, -0.15) is 0 Å². The maximum atomic E-state index is 18.1. The fourth-order valence-electron chi connectivity index (χ4n) is 7.86. The number of hydrogen-bond donors (Lipinski definition) is 1. The Morgan fingerprint density at radius 1 is 1.02 bits per heavy atom. The normalized spacial score (nSPS) is 18.0. The largest absolute Gasteiger partial charge is 0.397 e. The second-order valence-electron chi connectivity index (χ2n) is 15.0. The van der Waals surface area contributed by atoms with Crippen molar-refractivity contribution in [1.82, 2.24) is 14.4 Å². The minimum Gasteiger partial charge on any atom is -0.397 e. The van der Waals surface area contributed by atoms with E-state index >= 15 is 13.6 Å². The number of rotatable bonds is 11. The predicted molar refractivity (Wildman–Crippen MR) is 227 cm³/mol. The first-order valence-electron chi connectivity index (χ1n) is 18.2. The van der Waals surface area contributed by atoms with Gasteiger partial charge in [-0.3, -0.25) is 24.1 Å². The van der Waals surface area contributed by atoms with Crippen LogP contribution >= 0.6 is 34.8 Å². The van der Waals surface area contributed by atoms with Gasteiger partial charge in [0.2, 0.25) is 5.91 Å². The summed E-state index contributed by atoms with van der Waals surface area (Å²) >= 11 is 19.6. The quantitative estimate of drug-likeness (QED) is 0.0909. The zero-order valence-corrected chi connectivity index (χ0v) is 34.9. The molecule has 2 N–H and O–H groups in total. The van der Waals surface area contributed by atoms with Crippen LogP contribution in [-0.2, 0) is 4.79 Å². The fourth-order valence-corrected chi connectivity index (χ4v) is 8.61. The minimum absolute atomic E-state index is 0.101. The van der Waals surface area contributed by atoms with Crippen LogP contribution in [0.4, 0.5) is 25.8 Å². The van der Waals surface area contributed by atoms with Crippen LogP contribution in [0, 0.1) is 23.5 Å². The van der Waals surface area contributed by atoms with Gasteiger partial charge in [0.15, 0.2) is 11.6 Å². The molecular weight excluding hydrogens is 769 g/mol. The summed E-state index contributed by atoms with van der Waals surface area (Å²) in [6.45, 7) is 19.4. The molecule has 1 aromatic heterocycles. The van der Waals surface area contributed by atoms with Crippen molar-refractivity contribution in [3.8, 4) is 11.1 Å². The summed E-state index contributed by atoms with van der Waals surface area (Å²) in [7, 11) is 5.56. The third kappa shape index (κ3) is 7.50. The molecule has 2 atom stereocenters. The molecule has 2 aliphatic heterocycles. The Kier molecular flexibility index (Phi) is 12.8. The monoisotopic (exact) mass is 816 g/mol. The summed E-state index contributed by atoms with van der Waals surface area (Å²) in [6, 6.07) is 2.10. The highest BCUT2D eigenvalue weighted by Crippen LogP contribution is 2.49. The van der Waals surface area contributed by atoms with Crippen molar-refractivity contribution in [3.05, 3.63) is 67.5 Å². The maximum Gasteiger partial charge on any atom is 0.281 e. The highest BCUT2D eigenvalue weighted by Gasteiger charge is 2.43. The van der Waals surface area contributed by atoms with Crippen molar-refractivity contribution in [1.29, 1.82) is 0 Å². The first kappa shape index (κ1) is 42.2. The van der Waals surface area contributed by atoms with Gasteiger partial charge >= 0.3 is 0 Å². The second kappa shape index (κ2) is 16.6. The molecule has 10 nitrogen and oxygen atoms in total. The Labute approximate surface area is 336 Å². The number of halogens is 5. The van der Waals surface area contributed by atoms with Crippen molar-refractivity contribution < 1.29 is 13.6 Å². The zero-order chi connectivity index (χ0) is 40.8. The number of carbonyl (C=O) groups excluding carboxylic acids is 1. The van der Waals surface area contributed by atoms with E-state index in [1.165, 1.54) is 16.7 Å². The molecule has 2 aromatic carbocycles. The molecule has 1 fully saturated rings. The van der Waals surface area contributed by atoms with Crippen LogP contribution in [0.1, 0.15) is 41.0 Å². The molecule has 2 aliphatic rings. The summed E-state index contributed by atoms with van der Waals surface area (Å²) in [6.07, 6.45) is 2.00. The van der Waals surface area contributed by atoms with E-state index in [9.17, 15) is 4.79 Å². The summed E-state index contributed by atoms with van der Waals surface area (Å²) in [5.41, 5.74) is 6.41. The van der Waals surface area contributed by atoms with Crippen LogP contribution < -0.4 is 21.1 Å². The van der Waals surface area contributed by atoms with E-state index < -0.39 is 28.3 Å². The molecule has 0 radical (unpaired) electrons. The van der Waals surface area contributed by atoms with E-state index in [2.05, 4.69) is 33.1 Å². The van der Waals surface area contributed by atoms with Crippen molar-refractivity contribution in [2.75, 3.05) is 69.4 Å². The molecule has 5 rings (SSSR count). The Morgan fingerprint density at radius 2 is 1.69 bits per heavy atom. The number of allylic oxidation sites excluding steroid dienone is 2. The Hall–Kier alpha value is -3.97. The summed E-state index contributed by atoms with van der Waals surface area (Å²) in [4.78, 5) is 45.6. The SMILES string of the molecule is C=CC(=O)N1CC2CN(CCCN(C)C)c3c(c4cc(Cl)c(-c5c(N)c(Cl)cc(Cl)c5F)c(F)c4n(C(/C(=N\C)C(C)C)=C(/N=C)C(C)C)c3=O)N2CC1C. The molecule has 15 heteroatoms. The van der Waals surface area contributed by atoms with Crippen molar-refractivity contribution >= 4 is 86.8 Å². The zero-order valence-electron chi connectivity index (χ0n) is 32.6. The maximum absolute atomic E-state index is 18.1. The van der Waals surface area contributed by atoms with Gasteiger partial charge in [0.25, 0.3) is 5.56 Å². The van der Waals surface area contributed by atoms with Crippen LogP contribution in [0.2, 0.25) is 15.1 Å². The average Bonchev–Trinajstić information content (AvgIpc) is 3.11. The number of nitrogen functional groups attached to an aromatic ring is 1. The van der Waals surface area contributed by atoms with Gasteiger partial charge in [0.05, 0.1) is 55.1 Å². The number of aromatic nitrogens is 1. The molecular formula is C40H49Cl3F2N8O2. The number of piperazine rings is 1. The number of carbonyl (C=O) groups is 1. The fraction of sp³-hybridized carbons (Fsp3) is 0.450. The van der Waals surface area contributed by atoms with Crippen LogP contribution in [0.15, 0.2) is 45.3 Å². The smallest absolute Gasteiger partial charge is 0.281 e. The van der Waals surface area contributed by atoms with E-state index in [1.54, 1.807) is 11.9 Å². The molecule has 3 aromatic rings. The lowest BCUT2D eigenvalue weighted by atomic mass is 9.94. The first-order chi connectivity index (χ1) is 25.9. The number of pyridine rings is 1. The number of nitrogens with zero attached hydrogens (tertiary/aromatic N) is 7. The van der Waals surface area contributed by atoms with Crippen LogP contribution in [-0.4, -0.2) is 98.7 Å². The Balaban J connectivity index is 2.05. The molecule has 0 spiro atoms. The van der Waals surface area contributed by atoms with E-state index in [0.717, 1.165) is 12.6 Å². The van der Waals surface area contributed by atoms with Crippen molar-refractivity contribution in [2.24, 2.45) is 21.8 Å². The number of aliphatic imine (C=N–C) groups is 2. The molecule has 296 valence electrons. The highest BCUT2D eigenvalue weighted by molar-refractivity contribution is 6.39. The topological polar surface area (TPSA) is 103 Å². The molecule has 0 aliphatic carbocycles. The molecule has 1 amide bonds. The standard InChI is InChI=1S/C40H49Cl3F2N8O2/c1-11-28(54)51-19-23-18-50(14-12-13-49(9)10)39-37(52(23)17-22(51)6)24-15-25(41)29(30-31(44)26(42)16-27(43)33(30)46)32(45)36(24)53(40(39)55)38(34(47-7)20(2)3)35(48-8)21(4)5/h11,15-16,20-23H,1,7,12-14,17-19,46H2,2-6,8-10H3/b38-34+,48-35-. The number of fused-ring (bicyclic) bond motifs is 5. The lowest BCUT2D eigenvalue weighted by Gasteiger charge is -2.52. The molecule has 3 heterocycles. The van der Waals surface area contributed by atoms with Gasteiger partial charge < -0.3 is 25.3 Å². The van der Waals surface area contributed by atoms with Crippen molar-refractivity contribution in [3.63, 3.8) is 0 Å². The highest BCUT2D eigenvalue weighted by atomic mass is 35.5. The Morgan fingerprint density at radius 3 is 2.25 bits per heavy atom. The van der Waals surface area contributed by atoms with Crippen molar-refractivity contribution in [2.45, 2.75) is 53.1 Å². The average molecular weight is 818 g/mol. The molecule has 1 saturated heterocycles. The third-order valence-corrected chi connectivity index (χ3v) is 11.2. The summed E-state index contributed by atoms with van der Waals surface area (Å²) < 4.78 is 35.4. The number of hydrogen-bond acceptors (Lipinski definition) is 8. The predicted octanol–water partition coefficient (Wildman–Crippen LogP) is 8.10. The van der Waals surface area contributed by atoms with Gasteiger partial charge in [-0.1, -0.05) is 69.1 Å². The van der Waals surface area contributed by atoms with Gasteiger partial charge in [0.1, 0.15) is 5.69 Å². The minimum atomic E-state index is -1.02. The molecule has 0 saturated carbocycles. The van der Waals surface area contributed by atoms with Gasteiger partial charge in [-0.05, 0) is 70.7 Å². The lowest BCUT2D eigenvalue weighted by Crippen LogP contribution is -2.64. The second-order valence-corrected chi connectivity index (χ2v) is 16.2. The van der Waals surface area contributed by atoms with Gasteiger partial charge in [-0.25, -0.2) is 8.78 Å². The van der Waals surface area contributed by atoms with E-state index in [4.69, 9.17) is 40.5 Å². The third-order valence-electron chi connectivity index (χ3n) is 10.3. The lowest BCUT2D eigenvalue weighted by molar-refractivity contribution is -0.128. The number of anilines is 3.